The van der Waals surface area contributed by atoms with E-state index in [1.54, 1.807) is 0 Å². The molecule has 1 heteroatoms. The summed E-state index contributed by atoms with van der Waals surface area (Å²) >= 11 is 0. The van der Waals surface area contributed by atoms with Gasteiger partial charge in [0.05, 0.1) is 0 Å². The Morgan fingerprint density at radius 1 is 1.00 bits per heavy atom. The van der Waals surface area contributed by atoms with Crippen molar-refractivity contribution in [1.29, 1.82) is 0 Å². The van der Waals surface area contributed by atoms with Crippen LogP contribution in [0.1, 0.15) is 11.1 Å². The highest BCUT2D eigenvalue weighted by Gasteiger charge is 2.03. The molecule has 0 fully saturated rings. The van der Waals surface area contributed by atoms with Crippen molar-refractivity contribution in [1.82, 2.24) is 0 Å². The molecule has 2 rings (SSSR count). The van der Waals surface area contributed by atoms with E-state index in [1.807, 2.05) is 6.07 Å². The van der Waals surface area contributed by atoms with Crippen LogP contribution in [-0.2, 0) is 6.54 Å². The SMILES string of the molecule is Cc1ccc(CN)c(-c2ccccc2)c1. The van der Waals surface area contributed by atoms with Gasteiger partial charge in [0.25, 0.3) is 0 Å². The number of nitrogens with two attached hydrogens (primary N) is 1. The zero-order chi connectivity index (χ0) is 10.7. The Kier molecular flexibility index (Phi) is 2.84. The molecular formula is C14H15N. The third-order valence-electron chi connectivity index (χ3n) is 2.57. The summed E-state index contributed by atoms with van der Waals surface area (Å²) in [6.45, 7) is 2.69. The summed E-state index contributed by atoms with van der Waals surface area (Å²) in [6.07, 6.45) is 0. The summed E-state index contributed by atoms with van der Waals surface area (Å²) in [4.78, 5) is 0. The molecule has 76 valence electrons. The first-order valence-corrected chi connectivity index (χ1v) is 5.16. The van der Waals surface area contributed by atoms with Crippen LogP contribution in [0.4, 0.5) is 0 Å². The number of aryl methyl sites for hydroxylation is 1. The summed E-state index contributed by atoms with van der Waals surface area (Å²) in [6, 6.07) is 16.8. The minimum Gasteiger partial charge on any atom is -0.326 e. The molecule has 0 atom stereocenters. The van der Waals surface area contributed by atoms with Crippen LogP contribution in [0, 0.1) is 6.92 Å². The second kappa shape index (κ2) is 4.28. The maximum Gasteiger partial charge on any atom is 0.0184 e. The summed E-state index contributed by atoms with van der Waals surface area (Å²) in [5.41, 5.74) is 10.7. The third kappa shape index (κ3) is 2.08. The summed E-state index contributed by atoms with van der Waals surface area (Å²) < 4.78 is 0. The standard InChI is InChI=1S/C14H15N/c1-11-7-8-13(10-15)14(9-11)12-5-3-2-4-6-12/h2-9H,10,15H2,1H3. The summed E-state index contributed by atoms with van der Waals surface area (Å²) in [5.74, 6) is 0. The van der Waals surface area contributed by atoms with Crippen LogP contribution in [0.2, 0.25) is 0 Å². The lowest BCUT2D eigenvalue weighted by Gasteiger charge is -2.08. The lowest BCUT2D eigenvalue weighted by molar-refractivity contribution is 1.07. The fraction of sp³-hybridized carbons (Fsp3) is 0.143. The quantitative estimate of drug-likeness (QED) is 0.786. The molecule has 0 aliphatic heterocycles. The Balaban J connectivity index is 2.56. The number of benzene rings is 2. The Morgan fingerprint density at radius 3 is 2.40 bits per heavy atom. The van der Waals surface area contributed by atoms with Gasteiger partial charge < -0.3 is 5.73 Å². The Morgan fingerprint density at radius 2 is 1.73 bits per heavy atom. The van der Waals surface area contributed by atoms with Gasteiger partial charge in [-0.05, 0) is 23.6 Å². The molecule has 0 spiro atoms. The van der Waals surface area contributed by atoms with Crippen molar-refractivity contribution in [2.75, 3.05) is 0 Å². The second-order valence-electron chi connectivity index (χ2n) is 3.73. The van der Waals surface area contributed by atoms with E-state index in [-0.39, 0.29) is 0 Å². The maximum atomic E-state index is 5.74. The largest absolute Gasteiger partial charge is 0.326 e. The van der Waals surface area contributed by atoms with E-state index in [1.165, 1.54) is 22.3 Å². The molecule has 0 radical (unpaired) electrons. The van der Waals surface area contributed by atoms with Crippen LogP contribution in [0.25, 0.3) is 11.1 Å². The van der Waals surface area contributed by atoms with Crippen LogP contribution >= 0.6 is 0 Å². The van der Waals surface area contributed by atoms with Gasteiger partial charge in [0.15, 0.2) is 0 Å². The summed E-state index contributed by atoms with van der Waals surface area (Å²) in [5, 5.41) is 0. The fourth-order valence-corrected chi connectivity index (χ4v) is 1.75. The van der Waals surface area contributed by atoms with Gasteiger partial charge in [0.1, 0.15) is 0 Å². The highest BCUT2D eigenvalue weighted by atomic mass is 14.5. The van der Waals surface area contributed by atoms with Crippen LogP contribution in [-0.4, -0.2) is 0 Å². The molecule has 0 amide bonds. The highest BCUT2D eigenvalue weighted by molar-refractivity contribution is 5.68. The van der Waals surface area contributed by atoms with Gasteiger partial charge >= 0.3 is 0 Å². The lowest BCUT2D eigenvalue weighted by Crippen LogP contribution is -1.99. The molecular weight excluding hydrogens is 182 g/mol. The predicted octanol–water partition coefficient (Wildman–Crippen LogP) is 3.12. The first-order chi connectivity index (χ1) is 7.31. The van der Waals surface area contributed by atoms with Crippen molar-refractivity contribution >= 4 is 0 Å². The molecule has 0 aromatic heterocycles. The monoisotopic (exact) mass is 197 g/mol. The minimum atomic E-state index is 0.588. The van der Waals surface area contributed by atoms with Gasteiger partial charge in [-0.3, -0.25) is 0 Å². The molecule has 2 N–H and O–H groups in total. The third-order valence-corrected chi connectivity index (χ3v) is 2.57. The van der Waals surface area contributed by atoms with Crippen molar-refractivity contribution in [3.8, 4) is 11.1 Å². The minimum absolute atomic E-state index is 0.588. The normalized spacial score (nSPS) is 10.3. The van der Waals surface area contributed by atoms with E-state index in [9.17, 15) is 0 Å². The lowest BCUT2D eigenvalue weighted by atomic mass is 9.98. The molecule has 0 bridgehead atoms. The molecule has 2 aromatic rings. The van der Waals surface area contributed by atoms with E-state index in [0.29, 0.717) is 6.54 Å². The average Bonchev–Trinajstić information content (AvgIpc) is 2.30. The molecule has 0 heterocycles. The zero-order valence-corrected chi connectivity index (χ0v) is 8.90. The maximum absolute atomic E-state index is 5.74. The van der Waals surface area contributed by atoms with Gasteiger partial charge in [-0.15, -0.1) is 0 Å². The van der Waals surface area contributed by atoms with E-state index < -0.39 is 0 Å². The van der Waals surface area contributed by atoms with Crippen molar-refractivity contribution < 1.29 is 0 Å². The van der Waals surface area contributed by atoms with E-state index in [0.717, 1.165) is 0 Å². The van der Waals surface area contributed by atoms with Gasteiger partial charge in [-0.2, -0.15) is 0 Å². The number of hydrogen-bond acceptors (Lipinski definition) is 1. The van der Waals surface area contributed by atoms with Gasteiger partial charge in [0.2, 0.25) is 0 Å². The van der Waals surface area contributed by atoms with Crippen LogP contribution in [0.15, 0.2) is 48.5 Å². The van der Waals surface area contributed by atoms with E-state index in [4.69, 9.17) is 5.73 Å². The Bertz CT molecular complexity index is 446. The molecule has 2 aromatic carbocycles. The Hall–Kier alpha value is -1.60. The molecule has 15 heavy (non-hydrogen) atoms. The molecule has 0 aliphatic rings. The van der Waals surface area contributed by atoms with Crippen molar-refractivity contribution in [3.63, 3.8) is 0 Å². The molecule has 1 nitrogen and oxygen atoms in total. The number of rotatable bonds is 2. The van der Waals surface area contributed by atoms with Crippen LogP contribution in [0.3, 0.4) is 0 Å². The van der Waals surface area contributed by atoms with Crippen molar-refractivity contribution in [2.24, 2.45) is 5.73 Å². The van der Waals surface area contributed by atoms with E-state index in [2.05, 4.69) is 49.4 Å². The first-order valence-electron chi connectivity index (χ1n) is 5.16. The molecule has 0 aliphatic carbocycles. The zero-order valence-electron chi connectivity index (χ0n) is 8.90. The first kappa shape index (κ1) is 9.94. The Labute approximate surface area is 90.6 Å². The van der Waals surface area contributed by atoms with Gasteiger partial charge in [0, 0.05) is 6.54 Å². The smallest absolute Gasteiger partial charge is 0.0184 e. The van der Waals surface area contributed by atoms with Crippen molar-refractivity contribution in [3.05, 3.63) is 59.7 Å². The van der Waals surface area contributed by atoms with Gasteiger partial charge in [-0.25, -0.2) is 0 Å². The highest BCUT2D eigenvalue weighted by Crippen LogP contribution is 2.24. The molecule has 0 unspecified atom stereocenters. The predicted molar refractivity (Wildman–Crippen MR) is 64.5 cm³/mol. The molecule has 0 saturated carbocycles. The average molecular weight is 197 g/mol. The van der Waals surface area contributed by atoms with Crippen LogP contribution < -0.4 is 5.73 Å². The summed E-state index contributed by atoms with van der Waals surface area (Å²) in [7, 11) is 0. The van der Waals surface area contributed by atoms with Crippen molar-refractivity contribution in [2.45, 2.75) is 13.5 Å². The fourth-order valence-electron chi connectivity index (χ4n) is 1.75. The van der Waals surface area contributed by atoms with Crippen LogP contribution in [0.5, 0.6) is 0 Å². The van der Waals surface area contributed by atoms with E-state index >= 15 is 0 Å². The second-order valence-corrected chi connectivity index (χ2v) is 3.73. The van der Waals surface area contributed by atoms with Gasteiger partial charge in [-0.1, -0.05) is 54.1 Å². The molecule has 0 saturated heterocycles. The topological polar surface area (TPSA) is 26.0 Å². The number of hydrogen-bond donors (Lipinski definition) is 1.